The Balaban J connectivity index is 1.81. The Hall–Kier alpha value is -3.73. The van der Waals surface area contributed by atoms with Crippen molar-refractivity contribution in [3.8, 4) is 5.75 Å². The lowest BCUT2D eigenvalue weighted by atomic mass is 10.0. The number of carbonyl (C=O) groups excluding carboxylic acids is 1. The van der Waals surface area contributed by atoms with Crippen molar-refractivity contribution in [2.75, 3.05) is 12.1 Å². The minimum Gasteiger partial charge on any atom is -0.497 e. The van der Waals surface area contributed by atoms with Crippen LogP contribution in [0.2, 0.25) is 0 Å². The van der Waals surface area contributed by atoms with Gasteiger partial charge in [0, 0.05) is 18.0 Å². The lowest BCUT2D eigenvalue weighted by Crippen LogP contribution is -2.21. The van der Waals surface area contributed by atoms with Crippen molar-refractivity contribution < 1.29 is 9.53 Å². The molecular weight excluding hydrogens is 338 g/mol. The molecule has 1 aromatic heterocycles. The fourth-order valence-corrected chi connectivity index (χ4v) is 2.88. The first-order valence-corrected chi connectivity index (χ1v) is 8.51. The Morgan fingerprint density at radius 1 is 0.926 bits per heavy atom. The van der Waals surface area contributed by atoms with Crippen molar-refractivity contribution >= 4 is 23.4 Å². The molecule has 0 bridgehead atoms. The van der Waals surface area contributed by atoms with Gasteiger partial charge in [-0.1, -0.05) is 18.2 Å². The molecule has 27 heavy (non-hydrogen) atoms. The van der Waals surface area contributed by atoms with E-state index in [9.17, 15) is 4.79 Å². The Morgan fingerprint density at radius 2 is 1.63 bits per heavy atom. The molecule has 0 aliphatic carbocycles. The van der Waals surface area contributed by atoms with Crippen LogP contribution in [0, 0.1) is 0 Å². The Kier molecular flexibility index (Phi) is 4.49. The van der Waals surface area contributed by atoms with E-state index in [0.717, 1.165) is 22.6 Å². The van der Waals surface area contributed by atoms with Gasteiger partial charge in [-0.2, -0.15) is 10.1 Å². The van der Waals surface area contributed by atoms with Crippen LogP contribution in [0.3, 0.4) is 0 Å². The lowest BCUT2D eigenvalue weighted by Gasteiger charge is -2.10. The van der Waals surface area contributed by atoms with E-state index in [1.807, 2.05) is 72.8 Å². The molecule has 132 valence electrons. The van der Waals surface area contributed by atoms with Gasteiger partial charge in [-0.05, 0) is 60.2 Å². The monoisotopic (exact) mass is 355 g/mol. The van der Waals surface area contributed by atoms with Crippen LogP contribution < -0.4 is 9.75 Å². The summed E-state index contributed by atoms with van der Waals surface area (Å²) in [4.78, 5) is 17.1. The number of benzene rings is 2. The van der Waals surface area contributed by atoms with Crippen LogP contribution >= 0.6 is 0 Å². The average molecular weight is 355 g/mol. The quantitative estimate of drug-likeness (QED) is 0.667. The summed E-state index contributed by atoms with van der Waals surface area (Å²) in [5.41, 5.74) is 3.64. The van der Waals surface area contributed by atoms with Gasteiger partial charge in [0.1, 0.15) is 11.5 Å². The van der Waals surface area contributed by atoms with Crippen molar-refractivity contribution in [1.29, 1.82) is 0 Å². The van der Waals surface area contributed by atoms with Gasteiger partial charge in [-0.25, -0.2) is 0 Å². The predicted molar refractivity (Wildman–Crippen MR) is 106 cm³/mol. The van der Waals surface area contributed by atoms with Crippen LogP contribution in [0.25, 0.3) is 6.08 Å². The van der Waals surface area contributed by atoms with Gasteiger partial charge in [0.25, 0.3) is 5.91 Å². The van der Waals surface area contributed by atoms with Crippen molar-refractivity contribution in [1.82, 2.24) is 4.98 Å². The number of amides is 1. The minimum atomic E-state index is -0.163. The first-order valence-electron chi connectivity index (χ1n) is 8.51. The highest BCUT2D eigenvalue weighted by molar-refractivity contribution is 6.37. The second-order valence-electron chi connectivity index (χ2n) is 5.97. The van der Waals surface area contributed by atoms with Crippen molar-refractivity contribution in [2.24, 2.45) is 5.10 Å². The molecule has 0 N–H and O–H groups in total. The Bertz CT molecular complexity index is 1010. The van der Waals surface area contributed by atoms with Gasteiger partial charge in [0.05, 0.1) is 18.4 Å². The van der Waals surface area contributed by atoms with Crippen molar-refractivity contribution in [2.45, 2.75) is 0 Å². The second-order valence-corrected chi connectivity index (χ2v) is 5.97. The zero-order chi connectivity index (χ0) is 18.6. The van der Waals surface area contributed by atoms with Crippen LogP contribution in [-0.2, 0) is 4.79 Å². The molecule has 2 aromatic carbocycles. The van der Waals surface area contributed by atoms with Gasteiger partial charge >= 0.3 is 0 Å². The van der Waals surface area contributed by atoms with Crippen LogP contribution in [0.5, 0.6) is 5.75 Å². The molecule has 1 aliphatic rings. The molecule has 4 rings (SSSR count). The Morgan fingerprint density at radius 3 is 2.30 bits per heavy atom. The van der Waals surface area contributed by atoms with Crippen LogP contribution in [0.15, 0.2) is 89.8 Å². The van der Waals surface area contributed by atoms with E-state index in [-0.39, 0.29) is 5.91 Å². The molecule has 0 saturated heterocycles. The number of methoxy groups -OCH3 is 1. The summed E-state index contributed by atoms with van der Waals surface area (Å²) >= 11 is 0. The molecule has 3 aromatic rings. The maximum Gasteiger partial charge on any atom is 0.281 e. The number of hydrogen-bond donors (Lipinski definition) is 0. The van der Waals surface area contributed by atoms with Crippen molar-refractivity contribution in [3.05, 3.63) is 95.8 Å². The number of hydrazone groups is 1. The third-order valence-corrected chi connectivity index (χ3v) is 4.26. The number of rotatable bonds is 4. The zero-order valence-electron chi connectivity index (χ0n) is 14.7. The maximum absolute atomic E-state index is 13.1. The molecule has 5 nitrogen and oxygen atoms in total. The van der Waals surface area contributed by atoms with Crippen LogP contribution in [-0.4, -0.2) is 23.7 Å². The van der Waals surface area contributed by atoms with Crippen LogP contribution in [0.1, 0.15) is 11.1 Å². The third-order valence-electron chi connectivity index (χ3n) is 4.26. The molecule has 1 amide bonds. The number of aromatic nitrogens is 1. The summed E-state index contributed by atoms with van der Waals surface area (Å²) in [5.74, 6) is 0.590. The number of carbonyl (C=O) groups is 1. The summed E-state index contributed by atoms with van der Waals surface area (Å²) in [6, 6.07) is 20.6. The fourth-order valence-electron chi connectivity index (χ4n) is 2.88. The first-order chi connectivity index (χ1) is 13.3. The summed E-state index contributed by atoms with van der Waals surface area (Å²) in [6.45, 7) is 0. The van der Waals surface area contributed by atoms with Gasteiger partial charge < -0.3 is 4.74 Å². The van der Waals surface area contributed by atoms with E-state index in [0.29, 0.717) is 11.3 Å². The molecule has 0 atom stereocenters. The summed E-state index contributed by atoms with van der Waals surface area (Å²) < 4.78 is 5.23. The molecule has 0 spiro atoms. The highest BCUT2D eigenvalue weighted by atomic mass is 16.5. The number of hydrogen-bond acceptors (Lipinski definition) is 4. The molecule has 0 fully saturated rings. The number of pyridine rings is 1. The highest BCUT2D eigenvalue weighted by Crippen LogP contribution is 2.28. The summed E-state index contributed by atoms with van der Waals surface area (Å²) in [7, 11) is 1.62. The fraction of sp³-hybridized carbons (Fsp3) is 0.0455. The van der Waals surface area contributed by atoms with Gasteiger partial charge in [-0.3, -0.25) is 9.78 Å². The number of anilines is 1. The van der Waals surface area contributed by atoms with Crippen LogP contribution in [0.4, 0.5) is 5.69 Å². The number of para-hydroxylation sites is 1. The van der Waals surface area contributed by atoms with E-state index in [2.05, 4.69) is 10.1 Å². The van der Waals surface area contributed by atoms with Crippen molar-refractivity contribution in [3.63, 3.8) is 0 Å². The smallest absolute Gasteiger partial charge is 0.281 e. The predicted octanol–water partition coefficient (Wildman–Crippen LogP) is 3.92. The molecule has 0 saturated carbocycles. The number of nitrogens with zero attached hydrogens (tertiary/aromatic N) is 3. The maximum atomic E-state index is 13.1. The topological polar surface area (TPSA) is 54.8 Å². The molecule has 1 aliphatic heterocycles. The SMILES string of the molecule is COc1ccc(C2=NN(c3ccccc3)C(=O)/C2=C\c2ccncc2)cc1. The molecular formula is C22H17N3O2. The second kappa shape index (κ2) is 7.25. The summed E-state index contributed by atoms with van der Waals surface area (Å²) in [6.07, 6.45) is 5.24. The standard InChI is InChI=1S/C22H17N3O2/c1-27-19-9-7-17(8-10-19)21-20(15-16-11-13-23-14-12-16)22(26)25(24-21)18-5-3-2-4-6-18/h2-15H,1H3/b20-15-. The summed E-state index contributed by atoms with van der Waals surface area (Å²) in [5, 5.41) is 6.06. The Labute approximate surface area is 157 Å². The van der Waals surface area contributed by atoms with Gasteiger partial charge in [-0.15, -0.1) is 0 Å². The van der Waals surface area contributed by atoms with E-state index in [1.165, 1.54) is 5.01 Å². The number of ether oxygens (including phenoxy) is 1. The molecule has 2 heterocycles. The zero-order valence-corrected chi connectivity index (χ0v) is 14.7. The van der Waals surface area contributed by atoms with E-state index in [4.69, 9.17) is 4.74 Å². The average Bonchev–Trinajstić information content (AvgIpc) is 3.06. The van der Waals surface area contributed by atoms with E-state index < -0.39 is 0 Å². The third kappa shape index (κ3) is 3.35. The van der Waals surface area contributed by atoms with E-state index in [1.54, 1.807) is 19.5 Å². The normalized spacial score (nSPS) is 15.1. The highest BCUT2D eigenvalue weighted by Gasteiger charge is 2.31. The largest absolute Gasteiger partial charge is 0.497 e. The molecule has 5 heteroatoms. The molecule has 0 unspecified atom stereocenters. The lowest BCUT2D eigenvalue weighted by molar-refractivity contribution is -0.114. The van der Waals surface area contributed by atoms with Gasteiger partial charge in [0.15, 0.2) is 0 Å². The molecule has 0 radical (unpaired) electrons. The minimum absolute atomic E-state index is 0.163. The first kappa shape index (κ1) is 16.7. The van der Waals surface area contributed by atoms with E-state index >= 15 is 0 Å². The van der Waals surface area contributed by atoms with Gasteiger partial charge in [0.2, 0.25) is 0 Å².